The van der Waals surface area contributed by atoms with Crippen LogP contribution in [0.2, 0.25) is 0 Å². The van der Waals surface area contributed by atoms with Gasteiger partial charge in [0.2, 0.25) is 0 Å². The van der Waals surface area contributed by atoms with Crippen LogP contribution in [0.5, 0.6) is 0 Å². The van der Waals surface area contributed by atoms with E-state index in [1.54, 1.807) is 46.1 Å². The summed E-state index contributed by atoms with van der Waals surface area (Å²) < 4.78 is 2.08. The number of carbonyl (C=O) groups is 1. The zero-order valence-corrected chi connectivity index (χ0v) is 76.7. The third kappa shape index (κ3) is 53.4. The van der Waals surface area contributed by atoms with Gasteiger partial charge < -0.3 is 63.5 Å². The first kappa shape index (κ1) is 121. The molecule has 0 unspecified atom stereocenters. The molecule has 0 aliphatic rings. The van der Waals surface area contributed by atoms with Crippen molar-refractivity contribution in [1.29, 1.82) is 0 Å². The van der Waals surface area contributed by atoms with Crippen LogP contribution in [0.3, 0.4) is 0 Å². The maximum Gasteiger partial charge on any atom is 2.00 e. The number of aryl methyl sites for hydroxylation is 1. The van der Waals surface area contributed by atoms with Gasteiger partial charge in [-0.3, -0.25) is 16.6 Å². The minimum Gasteiger partial charge on any atom is -0.697 e. The van der Waals surface area contributed by atoms with Crippen molar-refractivity contribution in [2.24, 2.45) is 5.73 Å². The summed E-state index contributed by atoms with van der Waals surface area (Å²) in [6.45, 7) is 42.4. The Bertz CT molecular complexity index is 3890. The predicted octanol–water partition coefficient (Wildman–Crippen LogP) is 29.4. The van der Waals surface area contributed by atoms with E-state index in [1.807, 2.05) is 250 Å². The Hall–Kier alpha value is -7.06. The van der Waals surface area contributed by atoms with E-state index in [4.69, 9.17) is 47.2 Å². The van der Waals surface area contributed by atoms with E-state index in [2.05, 4.69) is 200 Å². The molecule has 15 heteroatoms. The van der Waals surface area contributed by atoms with Crippen LogP contribution in [0.4, 0.5) is 0 Å². The molecule has 107 heavy (non-hydrogen) atoms. The van der Waals surface area contributed by atoms with Crippen molar-refractivity contribution in [2.75, 3.05) is 5.33 Å². The Morgan fingerprint density at radius 2 is 0.701 bits per heavy atom. The van der Waals surface area contributed by atoms with Crippen molar-refractivity contribution >= 4 is 105 Å². The van der Waals surface area contributed by atoms with Gasteiger partial charge in [-0.1, -0.05) is 390 Å². The number of carbonyl (C=O) groups excluding carboxylic acids is 1. The number of benzene rings is 8. The molecule has 0 saturated carbocycles. The first-order valence-corrected chi connectivity index (χ1v) is 39.6. The zero-order chi connectivity index (χ0) is 79.6. The first-order valence-electron chi connectivity index (χ1n) is 33.9. The molecule has 8 aromatic carbocycles. The van der Waals surface area contributed by atoms with Gasteiger partial charge in [0.05, 0.1) is 22.4 Å². The molecule has 0 spiro atoms. The van der Waals surface area contributed by atoms with E-state index in [9.17, 15) is 4.79 Å². The topological polar surface area (TPSA) is 81.8 Å². The van der Waals surface area contributed by atoms with Crippen LogP contribution in [-0.2, 0) is 62.1 Å². The Morgan fingerprint density at radius 1 is 0.439 bits per heavy atom. The minimum atomic E-state index is 0. The Balaban J connectivity index is -0.000000129. The molecule has 563 valence electrons. The van der Waals surface area contributed by atoms with Gasteiger partial charge in [0.25, 0.3) is 0 Å². The summed E-state index contributed by atoms with van der Waals surface area (Å²) in [5, 5.41) is 9.88. The van der Waals surface area contributed by atoms with Gasteiger partial charge >= 0.3 is 55.7 Å². The van der Waals surface area contributed by atoms with Gasteiger partial charge in [0.1, 0.15) is 20.0 Å². The van der Waals surface area contributed by atoms with Gasteiger partial charge in [-0.25, -0.2) is 15.0 Å². The molecule has 0 atom stereocenters. The summed E-state index contributed by atoms with van der Waals surface area (Å²) in [5.74, 6) is 7.70. The Labute approximate surface area is 729 Å². The number of hydrogen-bond acceptors (Lipinski definition) is 8. The number of thiocarbonyl (C=S) groups is 1. The number of hydrogen-bond donors (Lipinski definition) is 1. The molecule has 0 amide bonds. The molecule has 11 rings (SSSR count). The van der Waals surface area contributed by atoms with E-state index in [-0.39, 0.29) is 68.9 Å². The van der Waals surface area contributed by atoms with Crippen molar-refractivity contribution in [1.82, 2.24) is 15.0 Å². The summed E-state index contributed by atoms with van der Waals surface area (Å²) >= 11 is 19.6. The Kier molecular flexibility index (Phi) is 99.3. The molecular weight excluding hydrogens is 1700 g/mol. The van der Waals surface area contributed by atoms with Crippen molar-refractivity contribution in [3.8, 4) is 109 Å². The van der Waals surface area contributed by atoms with E-state index < -0.39 is 0 Å². The molecule has 3 heterocycles. The maximum absolute atomic E-state index is 11.1. The molecule has 11 aromatic rings. The number of aromatic nitrogens is 3. The van der Waals surface area contributed by atoms with Crippen LogP contribution in [0.25, 0.3) is 65.5 Å². The van der Waals surface area contributed by atoms with Crippen molar-refractivity contribution in [2.45, 2.75) is 131 Å². The average Bonchev–Trinajstić information content (AvgIpc) is 1.72. The summed E-state index contributed by atoms with van der Waals surface area (Å²) in [5.41, 5.74) is 19.3. The molecule has 0 fully saturated rings. The third-order valence-electron chi connectivity index (χ3n) is 11.2. The number of rotatable bonds is 11. The molecule has 3 aromatic heterocycles. The largest absolute Gasteiger partial charge is 2.00 e. The SMILES string of the molecule is Brc1ccc(-c2csc(-c3ccccc3)n2)cc1.C.C#C[CH2-].CC.CC.CC.CC.CC.CC.CC.CC.NC(=S)c1ccccc1.O=C(CBr)c1ccc(Br)cc1.[C-]#C.[C-]#C.[C-]#C.[CH2-]C#Cc1ccc(-c2csc(-c3ccccc3)n2)cc1.[CH2-]CCc1ccc(-c2csc(-c3ccccc3)n2)cc1.[V+2].[V+2].[V+2]. The van der Waals surface area contributed by atoms with Crippen LogP contribution in [-0.4, -0.2) is 31.1 Å². The molecule has 0 saturated heterocycles. The normalized spacial score (nSPS) is 7.90. The predicted molar refractivity (Wildman–Crippen MR) is 483 cm³/mol. The van der Waals surface area contributed by atoms with Gasteiger partial charge in [-0.2, -0.15) is 20.3 Å². The average molecular weight is 1810 g/mol. The maximum atomic E-state index is 11.1. The van der Waals surface area contributed by atoms with E-state index in [0.717, 1.165) is 87.3 Å². The van der Waals surface area contributed by atoms with Gasteiger partial charge in [-0.05, 0) is 24.3 Å². The van der Waals surface area contributed by atoms with E-state index in [0.29, 0.717) is 10.3 Å². The molecule has 5 nitrogen and oxygen atoms in total. The van der Waals surface area contributed by atoms with Crippen LogP contribution >= 0.6 is 94.0 Å². The number of terminal acetylenes is 4. The van der Waals surface area contributed by atoms with Gasteiger partial charge in [-0.15, -0.1) is 34.0 Å². The molecule has 3 radical (unpaired) electrons. The van der Waals surface area contributed by atoms with Gasteiger partial charge in [0, 0.05) is 69.6 Å². The number of halogens is 3. The van der Waals surface area contributed by atoms with Crippen molar-refractivity contribution in [3.05, 3.63) is 306 Å². The molecule has 2 N–H and O–H groups in total. The standard InChI is InChI=1S/C18H16NS.C18H12NS.C15H10BrNS.C8H6Br2O.C7H7NS.C3H3.8C2H6.3C2H.CH4.3V/c2*1-2-6-14-9-11-15(12-10-14)17-13-20-18(19-17)16-7-4-3-5-8-16;16-13-8-6-11(7-9-13)14-10-18-15(17-14)12-4-2-1-3-5-12;9-5-8(11)6-1-3-7(10)4-2-6;8-7(9)6-4-2-1-3-5-6;1-3-2;11*1-2;;;;/h3-5,7-13H,1-2,6H2;3-5,7-13H,1H2;1-10H;1-4H,5H2;1-5H,(H2,8,9);1H,2H2;8*1-2H3;3*1H;1H4;;;/q2*-1;;;;-1;;;;;;;;;3*-1;;3*+2. The van der Waals surface area contributed by atoms with E-state index >= 15 is 0 Å². The fraction of sp³-hybridized carbons (Fsp3) is 0.217. The zero-order valence-electron chi connectivity index (χ0n) is 64.5. The molecule has 0 aliphatic heterocycles. The van der Waals surface area contributed by atoms with Gasteiger partial charge in [0.15, 0.2) is 5.78 Å². The summed E-state index contributed by atoms with van der Waals surface area (Å²) in [6.07, 6.45) is 33.5. The minimum absolute atomic E-state index is 0. The summed E-state index contributed by atoms with van der Waals surface area (Å²) in [6, 6.07) is 72.6. The second-order valence-corrected chi connectivity index (χ2v) is 22.3. The summed E-state index contributed by atoms with van der Waals surface area (Å²) in [4.78, 5) is 25.6. The van der Waals surface area contributed by atoms with Crippen LogP contribution in [0, 0.1) is 83.5 Å². The first-order chi connectivity index (χ1) is 50.5. The number of alkyl halides is 1. The fourth-order valence-electron chi connectivity index (χ4n) is 7.17. The van der Waals surface area contributed by atoms with Crippen molar-refractivity contribution < 1.29 is 60.5 Å². The van der Waals surface area contributed by atoms with Crippen LogP contribution < -0.4 is 5.73 Å². The number of thiazole rings is 3. The third-order valence-corrected chi connectivity index (χ3v) is 15.7. The van der Waals surface area contributed by atoms with E-state index in [1.165, 1.54) is 22.3 Å². The molecule has 0 aliphatic carbocycles. The fourth-order valence-corrected chi connectivity index (χ4v) is 10.7. The van der Waals surface area contributed by atoms with Crippen LogP contribution in [0.15, 0.2) is 243 Å². The second-order valence-electron chi connectivity index (χ2n) is 16.9. The van der Waals surface area contributed by atoms with Crippen LogP contribution in [0.1, 0.15) is 152 Å². The second kappa shape index (κ2) is 87.9. The smallest absolute Gasteiger partial charge is 0.697 e. The monoisotopic (exact) mass is 1800 g/mol. The summed E-state index contributed by atoms with van der Waals surface area (Å²) in [7, 11) is 0. The Morgan fingerprint density at radius 3 is 0.953 bits per heavy atom. The molecule has 0 bridgehead atoms. The number of ketones is 1. The number of Topliss-reactive ketones (excluding diaryl/α,β-unsaturated/α-hetero) is 1. The van der Waals surface area contributed by atoms with Crippen molar-refractivity contribution in [3.63, 3.8) is 0 Å². The number of nitrogens with zero attached hydrogens (tertiary/aromatic N) is 3. The quantitative estimate of drug-likeness (QED) is 0.0457. The number of nitrogens with two attached hydrogens (primary N) is 1. The molecular formula is C92H109Br3N4OS4V3.